The minimum absolute atomic E-state index is 0.0875. The minimum atomic E-state index is -0.307. The second-order valence-electron chi connectivity index (χ2n) is 5.24. The average Bonchev–Trinajstić information content (AvgIpc) is 2.85. The maximum atomic E-state index is 12.1. The third-order valence-corrected chi connectivity index (χ3v) is 3.41. The van der Waals surface area contributed by atoms with Gasteiger partial charge in [0, 0.05) is 25.6 Å². The zero-order valence-electron chi connectivity index (χ0n) is 12.1. The van der Waals surface area contributed by atoms with Crippen molar-refractivity contribution in [3.8, 4) is 0 Å². The Kier molecular flexibility index (Phi) is 4.57. The lowest BCUT2D eigenvalue weighted by Gasteiger charge is -2.17. The number of rotatable bonds is 4. The van der Waals surface area contributed by atoms with Crippen molar-refractivity contribution in [2.24, 2.45) is 5.92 Å². The standard InChI is InChI=1S/C15H19N3O3/c1-9(17-15(21)12-7-14(20)16-8-12)11-4-3-5-13(6-11)18-10(2)19/h3-6,9,12H,7-8H2,1-2H3,(H,16,20)(H,17,21)(H,18,19). The summed E-state index contributed by atoms with van der Waals surface area (Å²) < 4.78 is 0. The summed E-state index contributed by atoms with van der Waals surface area (Å²) >= 11 is 0. The fourth-order valence-electron chi connectivity index (χ4n) is 2.29. The van der Waals surface area contributed by atoms with E-state index in [0.717, 1.165) is 5.56 Å². The first-order valence-corrected chi connectivity index (χ1v) is 6.90. The molecule has 0 saturated carbocycles. The highest BCUT2D eigenvalue weighted by Crippen LogP contribution is 2.19. The average molecular weight is 289 g/mol. The Bertz CT molecular complexity index is 571. The van der Waals surface area contributed by atoms with Gasteiger partial charge in [-0.2, -0.15) is 0 Å². The van der Waals surface area contributed by atoms with E-state index in [1.54, 1.807) is 6.07 Å². The third kappa shape index (κ3) is 4.05. The van der Waals surface area contributed by atoms with E-state index in [-0.39, 0.29) is 36.1 Å². The number of carbonyl (C=O) groups excluding carboxylic acids is 3. The van der Waals surface area contributed by atoms with Crippen LogP contribution in [0.3, 0.4) is 0 Å². The molecule has 3 amide bonds. The molecule has 0 spiro atoms. The van der Waals surface area contributed by atoms with Crippen LogP contribution in [0.4, 0.5) is 5.69 Å². The van der Waals surface area contributed by atoms with Gasteiger partial charge in [0.25, 0.3) is 0 Å². The van der Waals surface area contributed by atoms with Crippen LogP contribution in [0, 0.1) is 5.92 Å². The maximum Gasteiger partial charge on any atom is 0.225 e. The van der Waals surface area contributed by atoms with Crippen molar-refractivity contribution in [1.29, 1.82) is 0 Å². The van der Waals surface area contributed by atoms with Crippen molar-refractivity contribution in [3.05, 3.63) is 29.8 Å². The molecule has 1 aliphatic rings. The molecule has 3 N–H and O–H groups in total. The quantitative estimate of drug-likeness (QED) is 0.771. The Morgan fingerprint density at radius 3 is 2.76 bits per heavy atom. The fourth-order valence-corrected chi connectivity index (χ4v) is 2.29. The van der Waals surface area contributed by atoms with Gasteiger partial charge in [-0.25, -0.2) is 0 Å². The van der Waals surface area contributed by atoms with Crippen molar-refractivity contribution >= 4 is 23.4 Å². The number of carbonyl (C=O) groups is 3. The Morgan fingerprint density at radius 2 is 2.14 bits per heavy atom. The predicted molar refractivity (Wildman–Crippen MR) is 78.4 cm³/mol. The number of hydrogen-bond acceptors (Lipinski definition) is 3. The van der Waals surface area contributed by atoms with Gasteiger partial charge in [-0.15, -0.1) is 0 Å². The van der Waals surface area contributed by atoms with Crippen molar-refractivity contribution < 1.29 is 14.4 Å². The topological polar surface area (TPSA) is 87.3 Å². The van der Waals surface area contributed by atoms with Crippen LogP contribution in [0.5, 0.6) is 0 Å². The largest absolute Gasteiger partial charge is 0.355 e. The van der Waals surface area contributed by atoms with Gasteiger partial charge in [0.1, 0.15) is 0 Å². The number of nitrogens with one attached hydrogen (secondary N) is 3. The van der Waals surface area contributed by atoms with Gasteiger partial charge in [0.05, 0.1) is 12.0 Å². The molecule has 2 unspecified atom stereocenters. The van der Waals surface area contributed by atoms with Gasteiger partial charge in [0.2, 0.25) is 17.7 Å². The molecule has 6 heteroatoms. The summed E-state index contributed by atoms with van der Waals surface area (Å²) in [4.78, 5) is 34.3. The first-order valence-electron chi connectivity index (χ1n) is 6.90. The Balaban J connectivity index is 1.99. The van der Waals surface area contributed by atoms with Crippen LogP contribution in [0.2, 0.25) is 0 Å². The molecule has 21 heavy (non-hydrogen) atoms. The molecule has 2 rings (SSSR count). The van der Waals surface area contributed by atoms with Crippen molar-refractivity contribution in [3.63, 3.8) is 0 Å². The van der Waals surface area contributed by atoms with Crippen LogP contribution in [0.1, 0.15) is 31.9 Å². The fraction of sp³-hybridized carbons (Fsp3) is 0.400. The van der Waals surface area contributed by atoms with E-state index in [4.69, 9.17) is 0 Å². The molecule has 6 nitrogen and oxygen atoms in total. The van der Waals surface area contributed by atoms with E-state index in [0.29, 0.717) is 12.2 Å². The monoisotopic (exact) mass is 289 g/mol. The van der Waals surface area contributed by atoms with Crippen molar-refractivity contribution in [1.82, 2.24) is 10.6 Å². The second kappa shape index (κ2) is 6.39. The van der Waals surface area contributed by atoms with Gasteiger partial charge < -0.3 is 16.0 Å². The Labute approximate surface area is 123 Å². The first-order chi connectivity index (χ1) is 9.95. The molecule has 1 aromatic rings. The zero-order valence-corrected chi connectivity index (χ0v) is 12.1. The van der Waals surface area contributed by atoms with Crippen LogP contribution in [-0.4, -0.2) is 24.3 Å². The molecule has 1 aromatic carbocycles. The summed E-state index contributed by atoms with van der Waals surface area (Å²) in [6.45, 7) is 3.71. The highest BCUT2D eigenvalue weighted by atomic mass is 16.2. The Hall–Kier alpha value is -2.37. The molecule has 0 radical (unpaired) electrons. The van der Waals surface area contributed by atoms with E-state index in [1.165, 1.54) is 6.92 Å². The van der Waals surface area contributed by atoms with Crippen LogP contribution in [-0.2, 0) is 14.4 Å². The molecule has 1 aliphatic heterocycles. The van der Waals surface area contributed by atoms with E-state index in [9.17, 15) is 14.4 Å². The summed E-state index contributed by atoms with van der Waals surface area (Å²) in [5.74, 6) is -0.668. The molecule has 0 aliphatic carbocycles. The van der Waals surface area contributed by atoms with E-state index in [1.807, 2.05) is 25.1 Å². The van der Waals surface area contributed by atoms with Crippen LogP contribution < -0.4 is 16.0 Å². The lowest BCUT2D eigenvalue weighted by Crippen LogP contribution is -2.33. The number of hydrogen-bond donors (Lipinski definition) is 3. The van der Waals surface area contributed by atoms with Crippen LogP contribution in [0.15, 0.2) is 24.3 Å². The van der Waals surface area contributed by atoms with E-state index < -0.39 is 0 Å². The van der Waals surface area contributed by atoms with Crippen molar-refractivity contribution in [2.45, 2.75) is 26.3 Å². The molecule has 0 aromatic heterocycles. The highest BCUT2D eigenvalue weighted by Gasteiger charge is 2.28. The third-order valence-electron chi connectivity index (χ3n) is 3.41. The Morgan fingerprint density at radius 1 is 1.38 bits per heavy atom. The van der Waals surface area contributed by atoms with Gasteiger partial charge in [-0.05, 0) is 24.6 Å². The van der Waals surface area contributed by atoms with Crippen molar-refractivity contribution in [2.75, 3.05) is 11.9 Å². The summed E-state index contributed by atoms with van der Waals surface area (Å²) in [6, 6.07) is 7.13. The smallest absolute Gasteiger partial charge is 0.225 e. The maximum absolute atomic E-state index is 12.1. The van der Waals surface area contributed by atoms with Crippen LogP contribution >= 0.6 is 0 Å². The predicted octanol–water partition coefficient (Wildman–Crippen LogP) is 0.958. The lowest BCUT2D eigenvalue weighted by atomic mass is 10.0. The number of anilines is 1. The first kappa shape index (κ1) is 15.0. The second-order valence-corrected chi connectivity index (χ2v) is 5.24. The lowest BCUT2D eigenvalue weighted by molar-refractivity contribution is -0.127. The molecular formula is C15H19N3O3. The number of benzene rings is 1. The molecule has 1 heterocycles. The molecule has 1 saturated heterocycles. The van der Waals surface area contributed by atoms with Gasteiger partial charge in [-0.3, -0.25) is 14.4 Å². The molecule has 1 fully saturated rings. The summed E-state index contributed by atoms with van der Waals surface area (Å²) in [6.07, 6.45) is 0.241. The molecule has 2 atom stereocenters. The van der Waals surface area contributed by atoms with E-state index in [2.05, 4.69) is 16.0 Å². The van der Waals surface area contributed by atoms with Gasteiger partial charge >= 0.3 is 0 Å². The van der Waals surface area contributed by atoms with Gasteiger partial charge in [0.15, 0.2) is 0 Å². The normalized spacial score (nSPS) is 18.8. The zero-order chi connectivity index (χ0) is 15.4. The SMILES string of the molecule is CC(=O)Nc1cccc(C(C)NC(=O)C2CNC(=O)C2)c1. The summed E-state index contributed by atoms with van der Waals surface area (Å²) in [5, 5.41) is 8.25. The highest BCUT2D eigenvalue weighted by molar-refractivity contribution is 5.90. The minimum Gasteiger partial charge on any atom is -0.355 e. The van der Waals surface area contributed by atoms with E-state index >= 15 is 0 Å². The summed E-state index contributed by atoms with van der Waals surface area (Å²) in [5.41, 5.74) is 1.59. The number of amides is 3. The summed E-state index contributed by atoms with van der Waals surface area (Å²) in [7, 11) is 0. The van der Waals surface area contributed by atoms with Crippen LogP contribution in [0.25, 0.3) is 0 Å². The molecule has 0 bridgehead atoms. The molecular weight excluding hydrogens is 270 g/mol. The van der Waals surface area contributed by atoms with Gasteiger partial charge in [-0.1, -0.05) is 12.1 Å². The molecule has 112 valence electrons.